The number of nitrogen functional groups attached to an aromatic ring is 1. The number of anilines is 2. The highest BCUT2D eigenvalue weighted by molar-refractivity contribution is 9.11. The third-order valence-electron chi connectivity index (χ3n) is 2.35. The Bertz CT molecular complexity index is 601. The standard InChI is InChI=1S/C12H13Br2N5O/c1-19(2)12-17-9(16-11(15)18-12)6-20-10-7(13)4-3-5-8(10)14/h3-5H,6H2,1-2H3,(H2,15,16,17,18). The van der Waals surface area contributed by atoms with Crippen molar-refractivity contribution in [2.45, 2.75) is 6.61 Å². The Morgan fingerprint density at radius 3 is 2.40 bits per heavy atom. The van der Waals surface area contributed by atoms with Crippen LogP contribution in [0.3, 0.4) is 0 Å². The van der Waals surface area contributed by atoms with Crippen molar-refractivity contribution < 1.29 is 4.74 Å². The van der Waals surface area contributed by atoms with Gasteiger partial charge < -0.3 is 15.4 Å². The molecular formula is C12H13Br2N5O. The molecule has 0 spiro atoms. The molecule has 0 bridgehead atoms. The van der Waals surface area contributed by atoms with Gasteiger partial charge in [0.1, 0.15) is 12.4 Å². The second kappa shape index (κ2) is 6.36. The van der Waals surface area contributed by atoms with Crippen LogP contribution >= 0.6 is 31.9 Å². The van der Waals surface area contributed by atoms with E-state index in [-0.39, 0.29) is 12.6 Å². The number of aromatic nitrogens is 3. The zero-order chi connectivity index (χ0) is 14.7. The van der Waals surface area contributed by atoms with E-state index >= 15 is 0 Å². The van der Waals surface area contributed by atoms with E-state index < -0.39 is 0 Å². The summed E-state index contributed by atoms with van der Waals surface area (Å²) in [7, 11) is 3.67. The molecule has 0 aliphatic carbocycles. The van der Waals surface area contributed by atoms with Crippen molar-refractivity contribution in [1.82, 2.24) is 15.0 Å². The Labute approximate surface area is 133 Å². The van der Waals surface area contributed by atoms with Gasteiger partial charge in [0.05, 0.1) is 8.95 Å². The molecule has 0 aliphatic heterocycles. The molecule has 0 aliphatic rings. The molecule has 0 radical (unpaired) electrons. The predicted molar refractivity (Wildman–Crippen MR) is 84.7 cm³/mol. The fourth-order valence-corrected chi connectivity index (χ4v) is 2.67. The summed E-state index contributed by atoms with van der Waals surface area (Å²) < 4.78 is 7.42. The van der Waals surface area contributed by atoms with Gasteiger partial charge >= 0.3 is 0 Å². The molecule has 1 aromatic carbocycles. The summed E-state index contributed by atoms with van der Waals surface area (Å²) >= 11 is 6.86. The molecule has 1 aromatic heterocycles. The zero-order valence-electron chi connectivity index (χ0n) is 11.0. The van der Waals surface area contributed by atoms with Crippen molar-refractivity contribution in [3.8, 4) is 5.75 Å². The summed E-state index contributed by atoms with van der Waals surface area (Å²) in [6, 6.07) is 5.70. The van der Waals surface area contributed by atoms with Gasteiger partial charge in [-0.25, -0.2) is 0 Å². The van der Waals surface area contributed by atoms with Crippen LogP contribution in [0.4, 0.5) is 11.9 Å². The number of benzene rings is 1. The van der Waals surface area contributed by atoms with Gasteiger partial charge in [0.2, 0.25) is 11.9 Å². The maximum atomic E-state index is 5.72. The second-order valence-corrected chi connectivity index (χ2v) is 5.85. The summed E-state index contributed by atoms with van der Waals surface area (Å²) in [6.07, 6.45) is 0. The van der Waals surface area contributed by atoms with Gasteiger partial charge in [0.15, 0.2) is 5.82 Å². The number of para-hydroxylation sites is 1. The van der Waals surface area contributed by atoms with Crippen LogP contribution < -0.4 is 15.4 Å². The van der Waals surface area contributed by atoms with Gasteiger partial charge in [-0.15, -0.1) is 0 Å². The predicted octanol–water partition coefficient (Wildman–Crippen LogP) is 2.62. The first-order valence-corrected chi connectivity index (χ1v) is 7.30. The highest BCUT2D eigenvalue weighted by Crippen LogP contribution is 2.33. The molecule has 2 aromatic rings. The van der Waals surface area contributed by atoms with Crippen LogP contribution in [0.25, 0.3) is 0 Å². The molecule has 0 atom stereocenters. The minimum absolute atomic E-state index is 0.175. The average Bonchev–Trinajstić information content (AvgIpc) is 2.37. The van der Waals surface area contributed by atoms with Gasteiger partial charge in [-0.1, -0.05) is 6.07 Å². The van der Waals surface area contributed by atoms with Crippen LogP contribution in [0.15, 0.2) is 27.1 Å². The number of rotatable bonds is 4. The molecule has 6 nitrogen and oxygen atoms in total. The first-order valence-electron chi connectivity index (χ1n) is 5.72. The van der Waals surface area contributed by atoms with Gasteiger partial charge in [-0.05, 0) is 44.0 Å². The fraction of sp³-hybridized carbons (Fsp3) is 0.250. The lowest BCUT2D eigenvalue weighted by atomic mass is 10.3. The summed E-state index contributed by atoms with van der Waals surface area (Å²) in [6.45, 7) is 0.203. The van der Waals surface area contributed by atoms with E-state index in [9.17, 15) is 0 Å². The molecular weight excluding hydrogens is 390 g/mol. The topological polar surface area (TPSA) is 77.2 Å². The first kappa shape index (κ1) is 15.0. The first-order chi connectivity index (χ1) is 9.47. The molecule has 0 amide bonds. The van der Waals surface area contributed by atoms with Crippen molar-refractivity contribution in [3.05, 3.63) is 33.0 Å². The highest BCUT2D eigenvalue weighted by atomic mass is 79.9. The molecule has 2 N–H and O–H groups in total. The summed E-state index contributed by atoms with van der Waals surface area (Å²) in [5.74, 6) is 1.84. The Morgan fingerprint density at radius 1 is 1.15 bits per heavy atom. The zero-order valence-corrected chi connectivity index (χ0v) is 14.1. The molecule has 0 fully saturated rings. The van der Waals surface area contributed by atoms with Gasteiger partial charge in [0, 0.05) is 14.1 Å². The lowest BCUT2D eigenvalue weighted by Gasteiger charge is -2.13. The molecule has 0 saturated carbocycles. The molecule has 20 heavy (non-hydrogen) atoms. The maximum absolute atomic E-state index is 5.72. The number of nitrogens with zero attached hydrogens (tertiary/aromatic N) is 4. The van der Waals surface area contributed by atoms with Gasteiger partial charge in [0.25, 0.3) is 0 Å². The third kappa shape index (κ3) is 3.57. The van der Waals surface area contributed by atoms with Gasteiger partial charge in [-0.2, -0.15) is 15.0 Å². The van der Waals surface area contributed by atoms with E-state index in [1.807, 2.05) is 32.3 Å². The minimum Gasteiger partial charge on any atom is -0.483 e. The van der Waals surface area contributed by atoms with E-state index in [0.717, 1.165) is 8.95 Å². The van der Waals surface area contributed by atoms with Gasteiger partial charge in [-0.3, -0.25) is 0 Å². The Morgan fingerprint density at radius 2 is 1.80 bits per heavy atom. The minimum atomic E-state index is 0.175. The number of halogens is 2. The van der Waals surface area contributed by atoms with E-state index in [1.165, 1.54) is 0 Å². The summed E-state index contributed by atoms with van der Waals surface area (Å²) in [4.78, 5) is 14.1. The highest BCUT2D eigenvalue weighted by Gasteiger charge is 2.10. The monoisotopic (exact) mass is 401 g/mol. The molecule has 1 heterocycles. The average molecular weight is 403 g/mol. The normalized spacial score (nSPS) is 10.4. The van der Waals surface area contributed by atoms with Crippen molar-refractivity contribution in [2.24, 2.45) is 0 Å². The van der Waals surface area contributed by atoms with E-state index in [0.29, 0.717) is 17.5 Å². The largest absolute Gasteiger partial charge is 0.483 e. The van der Waals surface area contributed by atoms with Crippen LogP contribution in [0.2, 0.25) is 0 Å². The maximum Gasteiger partial charge on any atom is 0.230 e. The van der Waals surface area contributed by atoms with Crippen LogP contribution in [0.1, 0.15) is 5.82 Å². The van der Waals surface area contributed by atoms with Crippen molar-refractivity contribution in [1.29, 1.82) is 0 Å². The molecule has 106 valence electrons. The number of nitrogens with two attached hydrogens (primary N) is 1. The van der Waals surface area contributed by atoms with Crippen molar-refractivity contribution in [3.63, 3.8) is 0 Å². The summed E-state index contributed by atoms with van der Waals surface area (Å²) in [5.41, 5.74) is 5.66. The van der Waals surface area contributed by atoms with E-state index in [1.54, 1.807) is 4.90 Å². The number of ether oxygens (including phenoxy) is 1. The molecule has 0 unspecified atom stereocenters. The lowest BCUT2D eigenvalue weighted by Crippen LogP contribution is -2.17. The summed E-state index contributed by atoms with van der Waals surface area (Å²) in [5, 5.41) is 0. The third-order valence-corrected chi connectivity index (χ3v) is 3.60. The second-order valence-electron chi connectivity index (χ2n) is 4.14. The Kier molecular flexibility index (Phi) is 4.77. The van der Waals surface area contributed by atoms with Crippen molar-refractivity contribution >= 4 is 43.8 Å². The lowest BCUT2D eigenvalue weighted by molar-refractivity contribution is 0.292. The van der Waals surface area contributed by atoms with E-state index in [4.69, 9.17) is 10.5 Å². The van der Waals surface area contributed by atoms with Crippen molar-refractivity contribution in [2.75, 3.05) is 24.7 Å². The molecule has 8 heteroatoms. The van der Waals surface area contributed by atoms with Crippen LogP contribution in [-0.4, -0.2) is 29.0 Å². The SMILES string of the molecule is CN(C)c1nc(N)nc(COc2c(Br)cccc2Br)n1. The smallest absolute Gasteiger partial charge is 0.230 e. The van der Waals surface area contributed by atoms with Crippen LogP contribution in [-0.2, 0) is 6.61 Å². The fourth-order valence-electron chi connectivity index (χ4n) is 1.45. The Balaban J connectivity index is 2.19. The molecule has 2 rings (SSSR count). The Hall–Kier alpha value is -1.41. The molecule has 0 saturated heterocycles. The van der Waals surface area contributed by atoms with E-state index in [2.05, 4.69) is 46.8 Å². The van der Waals surface area contributed by atoms with Crippen LogP contribution in [0.5, 0.6) is 5.75 Å². The number of hydrogen-bond acceptors (Lipinski definition) is 6. The van der Waals surface area contributed by atoms with Crippen LogP contribution in [0, 0.1) is 0 Å². The quantitative estimate of drug-likeness (QED) is 0.846. The number of hydrogen-bond donors (Lipinski definition) is 1.